The highest BCUT2D eigenvalue weighted by Crippen LogP contribution is 2.37. The Balaban J connectivity index is 1.33. The highest BCUT2D eigenvalue weighted by atomic mass is 32.2. The Labute approximate surface area is 193 Å². The van der Waals surface area contributed by atoms with Crippen molar-refractivity contribution >= 4 is 44.0 Å². The summed E-state index contributed by atoms with van der Waals surface area (Å²) in [5.74, 6) is -0.605. The number of hydrogen-bond donors (Lipinski definition) is 1. The summed E-state index contributed by atoms with van der Waals surface area (Å²) >= 11 is 0. The van der Waals surface area contributed by atoms with E-state index in [1.54, 1.807) is 24.3 Å². The molecule has 3 aromatic rings. The molecule has 2 amide bonds. The van der Waals surface area contributed by atoms with Crippen LogP contribution >= 0.6 is 0 Å². The van der Waals surface area contributed by atoms with Gasteiger partial charge in [0.1, 0.15) is 6.54 Å². The van der Waals surface area contributed by atoms with Gasteiger partial charge in [-0.05, 0) is 48.6 Å². The van der Waals surface area contributed by atoms with Crippen molar-refractivity contribution in [2.45, 2.75) is 30.6 Å². The second-order valence-corrected chi connectivity index (χ2v) is 10.4. The molecular formula is C25H25N3O4S. The van der Waals surface area contributed by atoms with E-state index in [0.717, 1.165) is 36.5 Å². The molecule has 3 aromatic carbocycles. The number of benzene rings is 3. The first kappa shape index (κ1) is 21.6. The van der Waals surface area contributed by atoms with Crippen LogP contribution in [0, 0.1) is 0 Å². The Morgan fingerprint density at radius 1 is 0.909 bits per heavy atom. The number of nitrogens with one attached hydrogen (secondary N) is 1. The summed E-state index contributed by atoms with van der Waals surface area (Å²) in [7, 11) is -3.62. The van der Waals surface area contributed by atoms with Crippen molar-refractivity contribution in [3.63, 3.8) is 0 Å². The molecule has 0 bridgehead atoms. The highest BCUT2D eigenvalue weighted by molar-refractivity contribution is 7.89. The lowest BCUT2D eigenvalue weighted by atomic mass is 10.1. The summed E-state index contributed by atoms with van der Waals surface area (Å²) in [6, 6.07) is 17.5. The fourth-order valence-corrected chi connectivity index (χ4v) is 6.21. The Bertz CT molecular complexity index is 1340. The van der Waals surface area contributed by atoms with E-state index in [0.29, 0.717) is 30.0 Å². The molecule has 1 saturated heterocycles. The average molecular weight is 464 g/mol. The predicted octanol–water partition coefficient (Wildman–Crippen LogP) is 4.00. The van der Waals surface area contributed by atoms with E-state index in [-0.39, 0.29) is 17.3 Å². The molecule has 33 heavy (non-hydrogen) atoms. The molecule has 1 fully saturated rings. The summed E-state index contributed by atoms with van der Waals surface area (Å²) in [6.45, 7) is 0.875. The van der Waals surface area contributed by atoms with Crippen LogP contribution in [0.1, 0.15) is 36.0 Å². The Morgan fingerprint density at radius 3 is 2.36 bits per heavy atom. The van der Waals surface area contributed by atoms with Gasteiger partial charge < -0.3 is 5.32 Å². The molecule has 0 spiro atoms. The van der Waals surface area contributed by atoms with Crippen LogP contribution < -0.4 is 10.2 Å². The Morgan fingerprint density at radius 2 is 1.61 bits per heavy atom. The number of rotatable bonds is 5. The number of carbonyl (C=O) groups excluding carboxylic acids is 2. The van der Waals surface area contributed by atoms with Crippen LogP contribution in [-0.4, -0.2) is 44.2 Å². The number of amides is 2. The number of anilines is 2. The number of nitrogens with zero attached hydrogens (tertiary/aromatic N) is 2. The minimum Gasteiger partial charge on any atom is -0.324 e. The van der Waals surface area contributed by atoms with Crippen LogP contribution in [0.5, 0.6) is 0 Å². The molecular weight excluding hydrogens is 438 g/mol. The lowest BCUT2D eigenvalue weighted by Crippen LogP contribution is -2.35. The zero-order valence-electron chi connectivity index (χ0n) is 18.2. The van der Waals surface area contributed by atoms with Crippen LogP contribution in [0.25, 0.3) is 10.8 Å². The van der Waals surface area contributed by atoms with Crippen LogP contribution in [0.15, 0.2) is 65.6 Å². The summed E-state index contributed by atoms with van der Waals surface area (Å²) in [5, 5.41) is 4.56. The second-order valence-electron chi connectivity index (χ2n) is 8.47. The third-order valence-electron chi connectivity index (χ3n) is 6.27. The molecule has 0 saturated carbocycles. The van der Waals surface area contributed by atoms with E-state index in [1.165, 1.54) is 15.3 Å². The summed E-state index contributed by atoms with van der Waals surface area (Å²) in [5.41, 5.74) is 1.68. The summed E-state index contributed by atoms with van der Waals surface area (Å²) < 4.78 is 27.7. The van der Waals surface area contributed by atoms with Gasteiger partial charge in [0.05, 0.1) is 10.6 Å². The van der Waals surface area contributed by atoms with E-state index >= 15 is 0 Å². The topological polar surface area (TPSA) is 86.8 Å². The van der Waals surface area contributed by atoms with Gasteiger partial charge in [0, 0.05) is 29.7 Å². The molecule has 0 unspecified atom stereocenters. The molecule has 5 rings (SSSR count). The molecule has 2 aliphatic rings. The molecule has 1 N–H and O–H groups in total. The Hall–Kier alpha value is -3.23. The van der Waals surface area contributed by atoms with E-state index in [9.17, 15) is 18.0 Å². The number of hydrogen-bond acceptors (Lipinski definition) is 4. The van der Waals surface area contributed by atoms with Crippen LogP contribution in [0.4, 0.5) is 11.4 Å². The van der Waals surface area contributed by atoms with Crippen LogP contribution in [0.3, 0.4) is 0 Å². The van der Waals surface area contributed by atoms with Gasteiger partial charge in [0.15, 0.2) is 0 Å². The second kappa shape index (κ2) is 8.61. The van der Waals surface area contributed by atoms with Gasteiger partial charge in [0.2, 0.25) is 15.9 Å². The maximum absolute atomic E-state index is 13.1. The van der Waals surface area contributed by atoms with Crippen molar-refractivity contribution in [1.29, 1.82) is 0 Å². The predicted molar refractivity (Wildman–Crippen MR) is 128 cm³/mol. The van der Waals surface area contributed by atoms with Crippen molar-refractivity contribution in [3.05, 3.63) is 66.2 Å². The standard InChI is InChI=1S/C25H25N3O4S/c29-23(17-28-22-13-6-9-18-8-5-12-21(24(18)22)25(28)30)26-19-10-7-11-20(16-19)33(31,32)27-14-3-1-2-4-15-27/h5-13,16H,1-4,14-15,17H2,(H,26,29). The molecule has 0 aliphatic carbocycles. The van der Waals surface area contributed by atoms with Crippen LogP contribution in [0.2, 0.25) is 0 Å². The average Bonchev–Trinajstić information content (AvgIpc) is 3.00. The first-order valence-electron chi connectivity index (χ1n) is 11.2. The summed E-state index contributed by atoms with van der Waals surface area (Å²) in [4.78, 5) is 27.4. The van der Waals surface area contributed by atoms with Gasteiger partial charge in [-0.2, -0.15) is 4.31 Å². The molecule has 0 atom stereocenters. The molecule has 0 radical (unpaired) electrons. The van der Waals surface area contributed by atoms with E-state index in [2.05, 4.69) is 5.32 Å². The maximum Gasteiger partial charge on any atom is 0.259 e. The molecule has 2 heterocycles. The zero-order chi connectivity index (χ0) is 23.0. The fourth-order valence-electron chi connectivity index (χ4n) is 4.65. The third-order valence-corrected chi connectivity index (χ3v) is 8.17. The third kappa shape index (κ3) is 4.00. The maximum atomic E-state index is 13.1. The first-order valence-corrected chi connectivity index (χ1v) is 12.6. The minimum absolute atomic E-state index is 0.157. The summed E-state index contributed by atoms with van der Waals surface area (Å²) in [6.07, 6.45) is 3.78. The lowest BCUT2D eigenvalue weighted by molar-refractivity contribution is -0.114. The molecule has 8 heteroatoms. The minimum atomic E-state index is -3.62. The lowest BCUT2D eigenvalue weighted by Gasteiger charge is -2.20. The van der Waals surface area contributed by atoms with Gasteiger partial charge in [-0.3, -0.25) is 14.5 Å². The van der Waals surface area contributed by atoms with Crippen molar-refractivity contribution in [1.82, 2.24) is 4.31 Å². The monoisotopic (exact) mass is 463 g/mol. The van der Waals surface area contributed by atoms with Gasteiger partial charge in [-0.1, -0.05) is 43.2 Å². The Kier molecular flexibility index (Phi) is 5.64. The van der Waals surface area contributed by atoms with E-state index in [4.69, 9.17) is 0 Å². The van der Waals surface area contributed by atoms with Crippen molar-refractivity contribution in [2.24, 2.45) is 0 Å². The molecule has 2 aliphatic heterocycles. The highest BCUT2D eigenvalue weighted by Gasteiger charge is 2.31. The SMILES string of the molecule is O=C(CN1C(=O)c2cccc3cccc1c23)Nc1cccc(S(=O)(=O)N2CCCCCC2)c1. The van der Waals surface area contributed by atoms with Crippen LogP contribution in [-0.2, 0) is 14.8 Å². The van der Waals surface area contributed by atoms with Crippen molar-refractivity contribution < 1.29 is 18.0 Å². The largest absolute Gasteiger partial charge is 0.324 e. The van der Waals surface area contributed by atoms with E-state index < -0.39 is 15.9 Å². The fraction of sp³-hybridized carbons (Fsp3) is 0.280. The quantitative estimate of drug-likeness (QED) is 0.620. The normalized spacial score (nSPS) is 16.7. The smallest absolute Gasteiger partial charge is 0.259 e. The zero-order valence-corrected chi connectivity index (χ0v) is 19.0. The number of carbonyl (C=O) groups is 2. The molecule has 0 aromatic heterocycles. The molecule has 170 valence electrons. The van der Waals surface area contributed by atoms with E-state index in [1.807, 2.05) is 30.3 Å². The van der Waals surface area contributed by atoms with Gasteiger partial charge in [-0.25, -0.2) is 8.42 Å². The van der Waals surface area contributed by atoms with Gasteiger partial charge in [-0.15, -0.1) is 0 Å². The van der Waals surface area contributed by atoms with Gasteiger partial charge >= 0.3 is 0 Å². The first-order chi connectivity index (χ1) is 15.9. The van der Waals surface area contributed by atoms with Crippen molar-refractivity contribution in [2.75, 3.05) is 29.9 Å². The molecule has 7 nitrogen and oxygen atoms in total. The number of sulfonamides is 1. The van der Waals surface area contributed by atoms with Gasteiger partial charge in [0.25, 0.3) is 5.91 Å². The van der Waals surface area contributed by atoms with Crippen molar-refractivity contribution in [3.8, 4) is 0 Å².